The number of hydrogen-bond donors (Lipinski definition) is 3. The lowest BCUT2D eigenvalue weighted by Crippen LogP contribution is -2.28. The number of methoxy groups -OCH3 is 1. The number of pyridine rings is 1. The zero-order valence-electron chi connectivity index (χ0n) is 15.5. The van der Waals surface area contributed by atoms with E-state index in [-0.39, 0.29) is 61.4 Å². The highest BCUT2D eigenvalue weighted by atomic mass is 35.5. The molecule has 1 heterocycles. The zero-order chi connectivity index (χ0) is 18.9. The van der Waals surface area contributed by atoms with Crippen molar-refractivity contribution < 1.29 is 19.1 Å². The van der Waals surface area contributed by atoms with Crippen molar-refractivity contribution in [1.29, 1.82) is 0 Å². The van der Waals surface area contributed by atoms with Crippen LogP contribution in [0.2, 0.25) is 0 Å². The smallest absolute Gasteiger partial charge is 0.269 e. The van der Waals surface area contributed by atoms with E-state index in [1.165, 1.54) is 26.4 Å². The minimum Gasteiger partial charge on any atom is -0.455 e. The van der Waals surface area contributed by atoms with Crippen molar-refractivity contribution in [3.05, 3.63) is 48.3 Å². The minimum atomic E-state index is -0.349. The molecule has 8 nitrogen and oxygen atoms in total. The average Bonchev–Trinajstić information content (AvgIpc) is 2.67. The van der Waals surface area contributed by atoms with E-state index < -0.39 is 0 Å². The van der Waals surface area contributed by atoms with Crippen LogP contribution < -0.4 is 21.1 Å². The van der Waals surface area contributed by atoms with Gasteiger partial charge in [0.1, 0.15) is 11.4 Å². The van der Waals surface area contributed by atoms with Gasteiger partial charge < -0.3 is 25.8 Å². The highest BCUT2D eigenvalue weighted by Crippen LogP contribution is 2.29. The van der Waals surface area contributed by atoms with Gasteiger partial charge in [0.15, 0.2) is 5.75 Å². The van der Waals surface area contributed by atoms with Crippen LogP contribution in [-0.4, -0.2) is 43.6 Å². The van der Waals surface area contributed by atoms with Gasteiger partial charge in [-0.1, -0.05) is 12.1 Å². The summed E-state index contributed by atoms with van der Waals surface area (Å²) in [5.41, 5.74) is 6.27. The van der Waals surface area contributed by atoms with Gasteiger partial charge in [0.2, 0.25) is 5.91 Å². The summed E-state index contributed by atoms with van der Waals surface area (Å²) in [6, 6.07) is 10.1. The number of halogens is 2. The Morgan fingerprint density at radius 3 is 2.57 bits per heavy atom. The number of carbonyl (C=O) groups excluding carboxylic acids is 2. The van der Waals surface area contributed by atoms with Gasteiger partial charge in [-0.15, -0.1) is 24.8 Å². The number of aromatic nitrogens is 1. The molecule has 154 valence electrons. The predicted octanol–water partition coefficient (Wildman–Crippen LogP) is 2.38. The summed E-state index contributed by atoms with van der Waals surface area (Å²) in [6.07, 6.45) is 1.27. The van der Waals surface area contributed by atoms with E-state index in [1.54, 1.807) is 30.3 Å². The van der Waals surface area contributed by atoms with Crippen molar-refractivity contribution in [1.82, 2.24) is 10.3 Å². The largest absolute Gasteiger partial charge is 0.455 e. The summed E-state index contributed by atoms with van der Waals surface area (Å²) in [7, 11) is 3.03. The number of carbonyl (C=O) groups is 2. The van der Waals surface area contributed by atoms with Crippen LogP contribution >= 0.6 is 24.8 Å². The van der Waals surface area contributed by atoms with Gasteiger partial charge in [-0.2, -0.15) is 0 Å². The number of ether oxygens (including phenoxy) is 2. The van der Waals surface area contributed by atoms with Crippen molar-refractivity contribution >= 4 is 42.3 Å². The van der Waals surface area contributed by atoms with Crippen molar-refractivity contribution in [2.45, 2.75) is 12.5 Å². The van der Waals surface area contributed by atoms with E-state index in [2.05, 4.69) is 15.6 Å². The quantitative estimate of drug-likeness (QED) is 0.591. The van der Waals surface area contributed by atoms with Gasteiger partial charge in [0, 0.05) is 33.0 Å². The summed E-state index contributed by atoms with van der Waals surface area (Å²) in [5, 5.41) is 5.29. The first-order valence-electron chi connectivity index (χ1n) is 8.05. The summed E-state index contributed by atoms with van der Waals surface area (Å²) >= 11 is 0. The van der Waals surface area contributed by atoms with Gasteiger partial charge >= 0.3 is 0 Å². The summed E-state index contributed by atoms with van der Waals surface area (Å²) in [5.74, 6) is 0.317. The molecule has 0 saturated heterocycles. The molecule has 2 rings (SSSR count). The lowest BCUT2D eigenvalue weighted by atomic mass is 10.2. The molecule has 4 N–H and O–H groups in total. The predicted molar refractivity (Wildman–Crippen MR) is 112 cm³/mol. The highest BCUT2D eigenvalue weighted by molar-refractivity contribution is 5.93. The standard InChI is InChI=1S/C18H22N4O4.2ClH/c1-20-18(24)15-9-12(7-8-21-15)26-16-6-4-3-5-14(16)22-17(23)10-13(11-19)25-2;;/h3-9,13H,10-11,19H2,1-2H3,(H,20,24)(H,22,23);2*1H. The van der Waals surface area contributed by atoms with Gasteiger partial charge in [0.05, 0.1) is 18.2 Å². The maximum atomic E-state index is 12.2. The normalized spacial score (nSPS) is 10.7. The second kappa shape index (κ2) is 12.9. The fraction of sp³-hybridized carbons (Fsp3) is 0.278. The number of nitrogens with two attached hydrogens (primary N) is 1. The van der Waals surface area contributed by atoms with Crippen LogP contribution in [0.3, 0.4) is 0 Å². The molecule has 28 heavy (non-hydrogen) atoms. The Balaban J connectivity index is 0.00000364. The van der Waals surface area contributed by atoms with Gasteiger partial charge in [0.25, 0.3) is 5.91 Å². The third-order valence-electron chi connectivity index (χ3n) is 3.59. The van der Waals surface area contributed by atoms with Crippen molar-refractivity contribution in [2.24, 2.45) is 5.73 Å². The second-order valence-corrected chi connectivity index (χ2v) is 5.40. The van der Waals surface area contributed by atoms with Crippen LogP contribution in [0.25, 0.3) is 0 Å². The first-order valence-corrected chi connectivity index (χ1v) is 8.05. The molecule has 0 saturated carbocycles. The molecule has 0 aliphatic rings. The van der Waals surface area contributed by atoms with Crippen LogP contribution in [-0.2, 0) is 9.53 Å². The molecule has 0 aliphatic carbocycles. The van der Waals surface area contributed by atoms with Crippen LogP contribution in [0.1, 0.15) is 16.9 Å². The summed E-state index contributed by atoms with van der Waals surface area (Å²) < 4.78 is 10.9. The topological polar surface area (TPSA) is 116 Å². The third kappa shape index (κ3) is 7.32. The average molecular weight is 431 g/mol. The molecule has 1 aromatic carbocycles. The fourth-order valence-electron chi connectivity index (χ4n) is 2.18. The molecule has 10 heteroatoms. The zero-order valence-corrected chi connectivity index (χ0v) is 17.1. The van der Waals surface area contributed by atoms with Crippen LogP contribution in [0.15, 0.2) is 42.6 Å². The molecule has 0 bridgehead atoms. The third-order valence-corrected chi connectivity index (χ3v) is 3.59. The molecule has 1 unspecified atom stereocenters. The van der Waals surface area contributed by atoms with Crippen LogP contribution in [0, 0.1) is 0 Å². The van der Waals surface area contributed by atoms with Crippen molar-refractivity contribution in [3.63, 3.8) is 0 Å². The van der Waals surface area contributed by atoms with Crippen molar-refractivity contribution in [3.8, 4) is 11.5 Å². The maximum Gasteiger partial charge on any atom is 0.269 e. The Labute approximate surface area is 176 Å². The van der Waals surface area contributed by atoms with E-state index in [4.69, 9.17) is 15.2 Å². The molecular weight excluding hydrogens is 407 g/mol. The van der Waals surface area contributed by atoms with E-state index >= 15 is 0 Å². The van der Waals surface area contributed by atoms with Crippen LogP contribution in [0.4, 0.5) is 5.69 Å². The molecule has 0 aliphatic heterocycles. The Morgan fingerprint density at radius 2 is 1.93 bits per heavy atom. The molecule has 0 fully saturated rings. The van der Waals surface area contributed by atoms with Gasteiger partial charge in [-0.3, -0.25) is 14.6 Å². The van der Waals surface area contributed by atoms with E-state index in [0.717, 1.165) is 0 Å². The van der Waals surface area contributed by atoms with E-state index in [0.29, 0.717) is 17.2 Å². The first-order chi connectivity index (χ1) is 12.6. The van der Waals surface area contributed by atoms with Crippen LogP contribution in [0.5, 0.6) is 11.5 Å². The monoisotopic (exact) mass is 430 g/mol. The minimum absolute atomic E-state index is 0. The molecule has 0 radical (unpaired) electrons. The maximum absolute atomic E-state index is 12.2. The molecular formula is C18H24Cl2N4O4. The first kappa shape index (κ1) is 25.6. The molecule has 1 aromatic heterocycles. The summed E-state index contributed by atoms with van der Waals surface area (Å²) in [4.78, 5) is 27.8. The van der Waals surface area contributed by atoms with Gasteiger partial charge in [-0.25, -0.2) is 0 Å². The number of benzene rings is 1. The lowest BCUT2D eigenvalue weighted by Gasteiger charge is -2.15. The Kier molecular flexibility index (Phi) is 11.8. The lowest BCUT2D eigenvalue weighted by molar-refractivity contribution is -0.118. The highest BCUT2D eigenvalue weighted by Gasteiger charge is 2.14. The second-order valence-electron chi connectivity index (χ2n) is 5.40. The number of hydrogen-bond acceptors (Lipinski definition) is 6. The number of anilines is 1. The molecule has 0 spiro atoms. The number of rotatable bonds is 8. The Morgan fingerprint density at radius 1 is 1.21 bits per heavy atom. The van der Waals surface area contributed by atoms with E-state index in [9.17, 15) is 9.59 Å². The van der Waals surface area contributed by atoms with Crippen molar-refractivity contribution in [2.75, 3.05) is 26.0 Å². The summed E-state index contributed by atoms with van der Waals surface area (Å²) in [6.45, 7) is 0.251. The fourth-order valence-corrected chi connectivity index (χ4v) is 2.18. The van der Waals surface area contributed by atoms with E-state index in [1.807, 2.05) is 0 Å². The SMILES string of the molecule is CNC(=O)c1cc(Oc2ccccc2NC(=O)CC(CN)OC)ccn1.Cl.Cl. The number of para-hydroxylation sites is 2. The van der Waals surface area contributed by atoms with Gasteiger partial charge in [-0.05, 0) is 18.2 Å². The number of amides is 2. The Hall–Kier alpha value is -2.39. The number of nitrogens with zero attached hydrogens (tertiary/aromatic N) is 1. The molecule has 1 atom stereocenters. The Bertz CT molecular complexity index is 773. The molecule has 2 amide bonds. The number of nitrogens with one attached hydrogen (secondary N) is 2. The molecule has 2 aromatic rings.